The van der Waals surface area contributed by atoms with Gasteiger partial charge in [-0.2, -0.15) is 0 Å². The highest BCUT2D eigenvalue weighted by Gasteiger charge is 2.47. The van der Waals surface area contributed by atoms with E-state index in [4.69, 9.17) is 9.15 Å². The summed E-state index contributed by atoms with van der Waals surface area (Å²) >= 11 is 3.37. The number of methoxy groups -OCH3 is 1. The summed E-state index contributed by atoms with van der Waals surface area (Å²) < 4.78 is 11.6. The largest absolute Gasteiger partial charge is 0.497 e. The molecule has 4 rings (SSSR count). The lowest BCUT2D eigenvalue weighted by Gasteiger charge is -2.19. The van der Waals surface area contributed by atoms with Crippen molar-refractivity contribution in [3.63, 3.8) is 0 Å². The van der Waals surface area contributed by atoms with E-state index in [1.54, 1.807) is 36.4 Å². The number of fused-ring (bicyclic) bond motifs is 2. The molecule has 0 radical (unpaired) electrons. The number of rotatable bonds is 4. The van der Waals surface area contributed by atoms with Crippen molar-refractivity contribution in [2.45, 2.75) is 12.0 Å². The molecule has 1 aliphatic rings. The minimum atomic E-state index is -1.97. The summed E-state index contributed by atoms with van der Waals surface area (Å²) in [6.45, 7) is 0. The van der Waals surface area contributed by atoms with Crippen LogP contribution in [0.15, 0.2) is 51.4 Å². The molecule has 132 valence electrons. The first-order chi connectivity index (χ1) is 12.4. The summed E-state index contributed by atoms with van der Waals surface area (Å²) in [6, 6.07) is 11.8. The van der Waals surface area contributed by atoms with Gasteiger partial charge in [-0.1, -0.05) is 15.9 Å². The number of nitrogens with one attached hydrogen (secondary N) is 1. The third-order valence-electron chi connectivity index (χ3n) is 4.47. The van der Waals surface area contributed by atoms with E-state index >= 15 is 0 Å². The lowest BCUT2D eigenvalue weighted by Crippen LogP contribution is -2.36. The van der Waals surface area contributed by atoms with Crippen molar-refractivity contribution in [3.05, 3.63) is 58.3 Å². The van der Waals surface area contributed by atoms with E-state index in [1.165, 1.54) is 7.11 Å². The average molecular weight is 416 g/mol. The summed E-state index contributed by atoms with van der Waals surface area (Å²) in [5.41, 5.74) is -0.643. The summed E-state index contributed by atoms with van der Waals surface area (Å²) in [7, 11) is 1.49. The van der Waals surface area contributed by atoms with Crippen molar-refractivity contribution in [3.8, 4) is 5.75 Å². The van der Waals surface area contributed by atoms with Crippen LogP contribution in [0.2, 0.25) is 0 Å². The fourth-order valence-corrected chi connectivity index (χ4v) is 3.47. The van der Waals surface area contributed by atoms with Crippen LogP contribution in [-0.4, -0.2) is 23.9 Å². The number of ether oxygens (including phenoxy) is 1. The highest BCUT2D eigenvalue weighted by molar-refractivity contribution is 9.10. The number of furan rings is 1. The summed E-state index contributed by atoms with van der Waals surface area (Å²) in [5, 5.41) is 14.3. The molecule has 0 fully saturated rings. The molecule has 0 bridgehead atoms. The molecule has 0 spiro atoms. The molecule has 0 saturated carbocycles. The highest BCUT2D eigenvalue weighted by Crippen LogP contribution is 2.41. The second kappa shape index (κ2) is 5.96. The molecule has 26 heavy (non-hydrogen) atoms. The fraction of sp³-hybridized carbons (Fsp3) is 0.158. The third kappa shape index (κ3) is 2.60. The van der Waals surface area contributed by atoms with Crippen molar-refractivity contribution < 1.29 is 23.8 Å². The molecule has 1 aliphatic heterocycles. The number of aliphatic hydroxyl groups is 1. The lowest BCUT2D eigenvalue weighted by atomic mass is 9.89. The first-order valence-corrected chi connectivity index (χ1v) is 8.64. The van der Waals surface area contributed by atoms with Crippen LogP contribution in [0.5, 0.6) is 5.75 Å². The van der Waals surface area contributed by atoms with Gasteiger partial charge in [0, 0.05) is 21.1 Å². The van der Waals surface area contributed by atoms with Crippen LogP contribution < -0.4 is 10.1 Å². The van der Waals surface area contributed by atoms with Crippen LogP contribution in [0.1, 0.15) is 22.5 Å². The molecule has 6 nitrogen and oxygen atoms in total. The predicted octanol–water partition coefficient (Wildman–Crippen LogP) is 3.62. The third-order valence-corrected chi connectivity index (χ3v) is 4.96. The molecule has 2 N–H and O–H groups in total. The number of hydrogen-bond acceptors (Lipinski definition) is 5. The minimum Gasteiger partial charge on any atom is -0.497 e. The van der Waals surface area contributed by atoms with Crippen LogP contribution in [-0.2, 0) is 10.4 Å². The second-order valence-electron chi connectivity index (χ2n) is 6.12. The zero-order valence-electron chi connectivity index (χ0n) is 13.7. The van der Waals surface area contributed by atoms with Crippen LogP contribution in [0.4, 0.5) is 5.69 Å². The zero-order valence-corrected chi connectivity index (χ0v) is 15.3. The van der Waals surface area contributed by atoms with Gasteiger partial charge in [-0.15, -0.1) is 0 Å². The first kappa shape index (κ1) is 16.8. The molecule has 0 saturated heterocycles. The monoisotopic (exact) mass is 415 g/mol. The van der Waals surface area contributed by atoms with Gasteiger partial charge in [-0.3, -0.25) is 9.59 Å². The molecule has 1 amide bonds. The molecule has 1 aromatic heterocycles. The Kier molecular flexibility index (Phi) is 3.86. The minimum absolute atomic E-state index is 0.0932. The molecule has 2 heterocycles. The summed E-state index contributed by atoms with van der Waals surface area (Å²) in [4.78, 5) is 25.0. The maximum atomic E-state index is 12.7. The van der Waals surface area contributed by atoms with Crippen LogP contribution >= 0.6 is 15.9 Å². The van der Waals surface area contributed by atoms with Gasteiger partial charge in [-0.05, 0) is 42.5 Å². The maximum absolute atomic E-state index is 12.7. The van der Waals surface area contributed by atoms with Crippen LogP contribution in [0.3, 0.4) is 0 Å². The SMILES string of the molecule is COc1ccc2c(c1)C(O)(CC(=O)c1cc3cc(Br)ccc3o1)C(=O)N2. The van der Waals surface area contributed by atoms with Gasteiger partial charge in [0.1, 0.15) is 11.3 Å². The Labute approximate surface area is 156 Å². The summed E-state index contributed by atoms with van der Waals surface area (Å²) in [6.07, 6.45) is -0.431. The Morgan fingerprint density at radius 1 is 1.27 bits per heavy atom. The molecule has 2 aromatic carbocycles. The topological polar surface area (TPSA) is 88.8 Å². The van der Waals surface area contributed by atoms with Gasteiger partial charge in [-0.25, -0.2) is 0 Å². The Bertz CT molecular complexity index is 1060. The van der Waals surface area contributed by atoms with E-state index in [0.29, 0.717) is 22.6 Å². The molecule has 7 heteroatoms. The first-order valence-electron chi connectivity index (χ1n) is 7.85. The van der Waals surface area contributed by atoms with E-state index in [9.17, 15) is 14.7 Å². The number of Topliss-reactive ketones (excluding diaryl/α,β-unsaturated/α-hetero) is 1. The zero-order chi connectivity index (χ0) is 18.5. The second-order valence-corrected chi connectivity index (χ2v) is 7.03. The number of hydrogen-bond donors (Lipinski definition) is 2. The van der Waals surface area contributed by atoms with Gasteiger partial charge in [0.25, 0.3) is 5.91 Å². The molecule has 3 aromatic rings. The molecule has 1 atom stereocenters. The van der Waals surface area contributed by atoms with Crippen molar-refractivity contribution in [1.82, 2.24) is 0 Å². The van der Waals surface area contributed by atoms with E-state index in [1.807, 2.05) is 6.07 Å². The molecular formula is C19H14BrNO5. The standard InChI is InChI=1S/C19H14BrNO5/c1-25-12-3-4-14-13(8-12)19(24,18(23)21-14)9-15(22)17-7-10-6-11(20)2-5-16(10)26-17/h2-8,24H,9H2,1H3,(H,21,23). The Morgan fingerprint density at radius 3 is 2.85 bits per heavy atom. The van der Waals surface area contributed by atoms with E-state index in [2.05, 4.69) is 21.2 Å². The Hall–Kier alpha value is -2.64. The predicted molar refractivity (Wildman–Crippen MR) is 98.4 cm³/mol. The van der Waals surface area contributed by atoms with E-state index < -0.39 is 23.7 Å². The summed E-state index contributed by atoms with van der Waals surface area (Å²) in [5.74, 6) is -0.533. The Morgan fingerprint density at radius 2 is 2.08 bits per heavy atom. The van der Waals surface area contributed by atoms with Crippen LogP contribution in [0, 0.1) is 0 Å². The Balaban J connectivity index is 1.69. The number of carbonyl (C=O) groups is 2. The van der Waals surface area contributed by atoms with Crippen molar-refractivity contribution in [1.29, 1.82) is 0 Å². The van der Waals surface area contributed by atoms with E-state index in [-0.39, 0.29) is 5.76 Å². The quantitative estimate of drug-likeness (QED) is 0.635. The van der Waals surface area contributed by atoms with Gasteiger partial charge in [0.15, 0.2) is 11.4 Å². The van der Waals surface area contributed by atoms with Gasteiger partial charge in [0.05, 0.1) is 13.5 Å². The number of halogens is 1. The van der Waals surface area contributed by atoms with Gasteiger partial charge in [0.2, 0.25) is 5.78 Å². The molecule has 1 unspecified atom stereocenters. The smallest absolute Gasteiger partial charge is 0.261 e. The van der Waals surface area contributed by atoms with Crippen LogP contribution in [0.25, 0.3) is 11.0 Å². The number of anilines is 1. The van der Waals surface area contributed by atoms with Crippen molar-refractivity contribution in [2.75, 3.05) is 12.4 Å². The van der Waals surface area contributed by atoms with Crippen molar-refractivity contribution in [2.24, 2.45) is 0 Å². The normalized spacial score (nSPS) is 18.7. The number of amides is 1. The number of benzene rings is 2. The molecule has 0 aliphatic carbocycles. The van der Waals surface area contributed by atoms with Crippen molar-refractivity contribution >= 4 is 44.3 Å². The van der Waals surface area contributed by atoms with Gasteiger partial charge < -0.3 is 19.6 Å². The van der Waals surface area contributed by atoms with E-state index in [0.717, 1.165) is 9.86 Å². The number of carbonyl (C=O) groups excluding carboxylic acids is 2. The fourth-order valence-electron chi connectivity index (χ4n) is 3.10. The highest BCUT2D eigenvalue weighted by atomic mass is 79.9. The average Bonchev–Trinajstić information content (AvgIpc) is 3.14. The van der Waals surface area contributed by atoms with Gasteiger partial charge >= 0.3 is 0 Å². The maximum Gasteiger partial charge on any atom is 0.261 e. The molecular weight excluding hydrogens is 402 g/mol. The number of ketones is 1. The lowest BCUT2D eigenvalue weighted by molar-refractivity contribution is -0.133.